The molecule has 2 amide bonds. The van der Waals surface area contributed by atoms with Crippen molar-refractivity contribution in [2.24, 2.45) is 0 Å². The van der Waals surface area contributed by atoms with E-state index in [2.05, 4.69) is 45.3 Å². The maximum atomic E-state index is 13.9. The Hall–Kier alpha value is -5.21. The molecule has 8 heteroatoms. The first kappa shape index (κ1) is 32.7. The fourth-order valence-corrected chi connectivity index (χ4v) is 6.42. The first-order valence-corrected chi connectivity index (χ1v) is 16.6. The van der Waals surface area contributed by atoms with Crippen molar-refractivity contribution < 1.29 is 23.9 Å². The fraction of sp³-hybridized carbons (Fsp3) is 0.175. The predicted molar refractivity (Wildman–Crippen MR) is 191 cm³/mol. The Morgan fingerprint density at radius 1 is 0.708 bits per heavy atom. The van der Waals surface area contributed by atoms with E-state index in [1.807, 2.05) is 103 Å². The van der Waals surface area contributed by atoms with E-state index >= 15 is 0 Å². The third-order valence-corrected chi connectivity index (χ3v) is 9.03. The molecule has 48 heavy (non-hydrogen) atoms. The lowest BCUT2D eigenvalue weighted by atomic mass is 9.98. The van der Waals surface area contributed by atoms with Gasteiger partial charge >= 0.3 is 12.1 Å². The van der Waals surface area contributed by atoms with Gasteiger partial charge < -0.3 is 20.1 Å². The maximum absolute atomic E-state index is 13.9. The van der Waals surface area contributed by atoms with Gasteiger partial charge in [-0.3, -0.25) is 4.79 Å². The first-order valence-electron chi connectivity index (χ1n) is 15.8. The monoisotopic (exact) mass is 702 g/mol. The summed E-state index contributed by atoms with van der Waals surface area (Å²) in [5, 5.41) is 7.71. The average Bonchev–Trinajstić information content (AvgIpc) is 3.43. The predicted octanol–water partition coefficient (Wildman–Crippen LogP) is 7.51. The average molecular weight is 704 g/mol. The molecule has 0 bridgehead atoms. The van der Waals surface area contributed by atoms with Gasteiger partial charge in [0, 0.05) is 23.2 Å². The quantitative estimate of drug-likeness (QED) is 0.104. The van der Waals surface area contributed by atoms with E-state index in [-0.39, 0.29) is 32.0 Å². The summed E-state index contributed by atoms with van der Waals surface area (Å²) < 4.78 is 12.0. The van der Waals surface area contributed by atoms with Gasteiger partial charge in [-0.1, -0.05) is 132 Å². The largest absolute Gasteiger partial charge is 0.460 e. The molecule has 0 aromatic heterocycles. The molecule has 6 rings (SSSR count). The van der Waals surface area contributed by atoms with E-state index < -0.39 is 30.1 Å². The molecule has 242 valence electrons. The van der Waals surface area contributed by atoms with Gasteiger partial charge in [0.05, 0.1) is 0 Å². The highest BCUT2D eigenvalue weighted by Gasteiger charge is 2.31. The molecule has 0 fully saturated rings. The highest BCUT2D eigenvalue weighted by Crippen LogP contribution is 2.44. The maximum Gasteiger partial charge on any atom is 0.407 e. The number of amides is 2. The van der Waals surface area contributed by atoms with E-state index in [9.17, 15) is 14.4 Å². The zero-order valence-corrected chi connectivity index (χ0v) is 27.8. The number of nitrogens with one attached hydrogen (secondary N) is 2. The normalized spacial score (nSPS) is 13.1. The molecule has 0 radical (unpaired) electrons. The standard InChI is InChI=1S/C40H35BrN2O5/c1-2-21-47-39(45)37(24-27-15-18-28-9-3-4-10-29(28)22-27)42-38(44)36(23-26-16-19-30(41)20-17-26)43-40(46)48-25-35-33-13-7-5-11-31(33)32-12-6-8-14-34(32)35/h2-20,22,35-37H,1,21,23-25H2,(H,42,44)(H,43,46). The van der Waals surface area contributed by atoms with Crippen molar-refractivity contribution in [2.75, 3.05) is 13.2 Å². The van der Waals surface area contributed by atoms with Crippen molar-refractivity contribution >= 4 is 44.7 Å². The number of rotatable bonds is 12. The Kier molecular flexibility index (Phi) is 10.3. The van der Waals surface area contributed by atoms with Crippen LogP contribution in [0.5, 0.6) is 0 Å². The molecule has 1 aliphatic carbocycles. The molecule has 7 nitrogen and oxygen atoms in total. The number of halogens is 1. The molecule has 2 atom stereocenters. The Labute approximate surface area is 288 Å². The van der Waals surface area contributed by atoms with Crippen LogP contribution in [0, 0.1) is 0 Å². The smallest absolute Gasteiger partial charge is 0.407 e. The van der Waals surface area contributed by atoms with Crippen molar-refractivity contribution in [2.45, 2.75) is 30.8 Å². The Balaban J connectivity index is 1.19. The van der Waals surface area contributed by atoms with Gasteiger partial charge in [-0.2, -0.15) is 0 Å². The summed E-state index contributed by atoms with van der Waals surface area (Å²) in [6.07, 6.45) is 1.12. The van der Waals surface area contributed by atoms with E-state index in [4.69, 9.17) is 9.47 Å². The van der Waals surface area contributed by atoms with Crippen molar-refractivity contribution in [1.82, 2.24) is 10.6 Å². The van der Waals surface area contributed by atoms with E-state index in [0.29, 0.717) is 0 Å². The number of alkyl carbamates (subject to hydrolysis) is 1. The van der Waals surface area contributed by atoms with Gasteiger partial charge in [-0.25, -0.2) is 9.59 Å². The van der Waals surface area contributed by atoms with Crippen LogP contribution in [0.15, 0.2) is 132 Å². The molecule has 5 aromatic rings. The summed E-state index contributed by atoms with van der Waals surface area (Å²) in [5.41, 5.74) is 6.09. The molecule has 2 unspecified atom stereocenters. The highest BCUT2D eigenvalue weighted by molar-refractivity contribution is 9.10. The second-order valence-corrected chi connectivity index (χ2v) is 12.6. The number of fused-ring (bicyclic) bond motifs is 4. The molecule has 0 saturated heterocycles. The molecule has 0 aliphatic heterocycles. The lowest BCUT2D eigenvalue weighted by molar-refractivity contribution is -0.146. The van der Waals surface area contributed by atoms with Gasteiger partial charge in [0.25, 0.3) is 0 Å². The van der Waals surface area contributed by atoms with Crippen LogP contribution in [0.1, 0.15) is 28.2 Å². The Bertz CT molecular complexity index is 1910. The second kappa shape index (κ2) is 15.1. The molecular weight excluding hydrogens is 668 g/mol. The number of carbonyl (C=O) groups is 3. The topological polar surface area (TPSA) is 93.7 Å². The van der Waals surface area contributed by atoms with Crippen LogP contribution in [0.4, 0.5) is 4.79 Å². The number of hydrogen-bond donors (Lipinski definition) is 2. The van der Waals surface area contributed by atoms with Crippen molar-refractivity contribution in [1.29, 1.82) is 0 Å². The summed E-state index contributed by atoms with van der Waals surface area (Å²) in [5.74, 6) is -1.26. The van der Waals surface area contributed by atoms with Crippen LogP contribution in [-0.2, 0) is 31.9 Å². The summed E-state index contributed by atoms with van der Waals surface area (Å²) in [7, 11) is 0. The Morgan fingerprint density at radius 3 is 2.00 bits per heavy atom. The third-order valence-electron chi connectivity index (χ3n) is 8.50. The van der Waals surface area contributed by atoms with Gasteiger partial charge in [-0.05, 0) is 56.3 Å². The zero-order chi connectivity index (χ0) is 33.5. The van der Waals surface area contributed by atoms with Gasteiger partial charge in [-0.15, -0.1) is 0 Å². The molecule has 1 aliphatic rings. The lowest BCUT2D eigenvalue weighted by Gasteiger charge is -2.23. The lowest BCUT2D eigenvalue weighted by Crippen LogP contribution is -2.53. The zero-order valence-electron chi connectivity index (χ0n) is 26.2. The minimum atomic E-state index is -1.03. The van der Waals surface area contributed by atoms with Crippen LogP contribution in [0.2, 0.25) is 0 Å². The molecule has 0 saturated carbocycles. The van der Waals surface area contributed by atoms with Crippen LogP contribution < -0.4 is 10.6 Å². The summed E-state index contributed by atoms with van der Waals surface area (Å²) in [6, 6.07) is 35.4. The number of hydrogen-bond acceptors (Lipinski definition) is 5. The molecule has 5 aromatic carbocycles. The van der Waals surface area contributed by atoms with Crippen LogP contribution in [-0.4, -0.2) is 43.3 Å². The van der Waals surface area contributed by atoms with E-state index in [0.717, 1.165) is 48.6 Å². The first-order chi connectivity index (χ1) is 23.4. The van der Waals surface area contributed by atoms with Crippen LogP contribution in [0.3, 0.4) is 0 Å². The van der Waals surface area contributed by atoms with Gasteiger partial charge in [0.1, 0.15) is 25.3 Å². The molecular formula is C40H35BrN2O5. The van der Waals surface area contributed by atoms with Crippen molar-refractivity contribution in [3.8, 4) is 11.1 Å². The van der Waals surface area contributed by atoms with E-state index in [1.54, 1.807) is 0 Å². The third kappa shape index (κ3) is 7.66. The second-order valence-electron chi connectivity index (χ2n) is 11.7. The van der Waals surface area contributed by atoms with Gasteiger partial charge in [0.15, 0.2) is 0 Å². The minimum absolute atomic E-state index is 0.00322. The van der Waals surface area contributed by atoms with Crippen LogP contribution in [0.25, 0.3) is 21.9 Å². The number of carbonyl (C=O) groups excluding carboxylic acids is 3. The molecule has 2 N–H and O–H groups in total. The van der Waals surface area contributed by atoms with Crippen molar-refractivity contribution in [3.63, 3.8) is 0 Å². The minimum Gasteiger partial charge on any atom is -0.460 e. The number of benzene rings is 5. The highest BCUT2D eigenvalue weighted by atomic mass is 79.9. The fourth-order valence-electron chi connectivity index (χ4n) is 6.16. The summed E-state index contributed by atoms with van der Waals surface area (Å²) >= 11 is 3.45. The number of esters is 1. The van der Waals surface area contributed by atoms with Crippen molar-refractivity contribution in [3.05, 3.63) is 155 Å². The number of ether oxygens (including phenoxy) is 2. The summed E-state index contributed by atoms with van der Waals surface area (Å²) in [4.78, 5) is 40.4. The SMILES string of the molecule is C=CCOC(=O)C(Cc1ccc2ccccc2c1)NC(=O)C(Cc1ccc(Br)cc1)NC(=O)OCC1c2ccccc2-c2ccccc21. The van der Waals surface area contributed by atoms with Crippen LogP contribution >= 0.6 is 15.9 Å². The molecule has 0 spiro atoms. The van der Waals surface area contributed by atoms with E-state index in [1.165, 1.54) is 6.08 Å². The molecule has 0 heterocycles. The van der Waals surface area contributed by atoms with Gasteiger partial charge in [0.2, 0.25) is 5.91 Å². The Morgan fingerprint density at radius 2 is 1.31 bits per heavy atom. The summed E-state index contributed by atoms with van der Waals surface area (Å²) in [6.45, 7) is 3.73.